The average Bonchev–Trinajstić information content (AvgIpc) is 2.37. The first-order chi connectivity index (χ1) is 9.44. The van der Waals surface area contributed by atoms with Crippen LogP contribution in [0.5, 0.6) is 5.75 Å². The van der Waals surface area contributed by atoms with Gasteiger partial charge < -0.3 is 10.1 Å². The zero-order valence-corrected chi connectivity index (χ0v) is 13.0. The maximum Gasteiger partial charge on any atom is 0.241 e. The first kappa shape index (κ1) is 15.3. The number of aryl methyl sites for hydroxylation is 2. The Kier molecular flexibility index (Phi) is 4.67. The number of hydrogen-bond acceptors (Lipinski definition) is 4. The van der Waals surface area contributed by atoms with Crippen molar-refractivity contribution in [2.75, 3.05) is 20.2 Å². The van der Waals surface area contributed by atoms with Crippen LogP contribution in [0.4, 0.5) is 0 Å². The SMILES string of the molecule is COc1cc(C)c(S(=O)(=O)N[C@@H]2CCCNC2)c(C)c1. The molecule has 112 valence electrons. The Bertz CT molecular complexity index is 555. The molecule has 1 atom stereocenters. The quantitative estimate of drug-likeness (QED) is 0.880. The van der Waals surface area contributed by atoms with Crippen LogP contribution in [0.3, 0.4) is 0 Å². The van der Waals surface area contributed by atoms with Crippen molar-refractivity contribution in [3.63, 3.8) is 0 Å². The van der Waals surface area contributed by atoms with Gasteiger partial charge in [0, 0.05) is 12.6 Å². The molecule has 0 amide bonds. The minimum Gasteiger partial charge on any atom is -0.497 e. The van der Waals surface area contributed by atoms with Gasteiger partial charge in [0.15, 0.2) is 0 Å². The molecule has 0 bridgehead atoms. The Labute approximate surface area is 120 Å². The summed E-state index contributed by atoms with van der Waals surface area (Å²) in [6, 6.07) is 3.47. The lowest BCUT2D eigenvalue weighted by Crippen LogP contribution is -2.45. The molecule has 0 aromatic heterocycles. The Morgan fingerprint density at radius 1 is 1.30 bits per heavy atom. The maximum absolute atomic E-state index is 12.6. The normalized spacial score (nSPS) is 19.9. The van der Waals surface area contributed by atoms with Gasteiger partial charge in [-0.15, -0.1) is 0 Å². The van der Waals surface area contributed by atoms with Crippen LogP contribution in [0.2, 0.25) is 0 Å². The highest BCUT2D eigenvalue weighted by molar-refractivity contribution is 7.89. The van der Waals surface area contributed by atoms with Crippen LogP contribution in [-0.4, -0.2) is 34.7 Å². The molecule has 6 heteroatoms. The van der Waals surface area contributed by atoms with Crippen LogP contribution in [0.25, 0.3) is 0 Å². The van der Waals surface area contributed by atoms with Crippen molar-refractivity contribution < 1.29 is 13.2 Å². The van der Waals surface area contributed by atoms with Gasteiger partial charge in [-0.2, -0.15) is 0 Å². The number of nitrogens with one attached hydrogen (secondary N) is 2. The van der Waals surface area contributed by atoms with Gasteiger partial charge in [0.05, 0.1) is 12.0 Å². The van der Waals surface area contributed by atoms with Crippen molar-refractivity contribution in [3.05, 3.63) is 23.3 Å². The van der Waals surface area contributed by atoms with Gasteiger partial charge in [0.2, 0.25) is 10.0 Å². The zero-order chi connectivity index (χ0) is 14.8. The van der Waals surface area contributed by atoms with Gasteiger partial charge in [-0.05, 0) is 56.5 Å². The number of sulfonamides is 1. The molecule has 1 aromatic rings. The van der Waals surface area contributed by atoms with Crippen LogP contribution in [-0.2, 0) is 10.0 Å². The monoisotopic (exact) mass is 298 g/mol. The lowest BCUT2D eigenvalue weighted by molar-refractivity contribution is 0.413. The molecule has 2 rings (SSSR count). The fraction of sp³-hybridized carbons (Fsp3) is 0.571. The summed E-state index contributed by atoms with van der Waals surface area (Å²) in [4.78, 5) is 0.365. The Hall–Kier alpha value is -1.11. The van der Waals surface area contributed by atoms with E-state index < -0.39 is 10.0 Å². The molecule has 0 saturated carbocycles. The maximum atomic E-state index is 12.6. The summed E-state index contributed by atoms with van der Waals surface area (Å²) in [6.45, 7) is 5.23. The number of ether oxygens (including phenoxy) is 1. The second-order valence-corrected chi connectivity index (χ2v) is 6.91. The van der Waals surface area contributed by atoms with Crippen molar-refractivity contribution in [2.24, 2.45) is 0 Å². The van der Waals surface area contributed by atoms with E-state index in [0.717, 1.165) is 19.4 Å². The first-order valence-corrected chi connectivity index (χ1v) is 8.30. The van der Waals surface area contributed by atoms with Crippen LogP contribution < -0.4 is 14.8 Å². The first-order valence-electron chi connectivity index (χ1n) is 6.82. The molecule has 1 aliphatic heterocycles. The summed E-state index contributed by atoms with van der Waals surface area (Å²) < 4.78 is 33.1. The highest BCUT2D eigenvalue weighted by atomic mass is 32.2. The van der Waals surface area contributed by atoms with E-state index in [1.54, 1.807) is 33.1 Å². The lowest BCUT2D eigenvalue weighted by Gasteiger charge is -2.24. The summed E-state index contributed by atoms with van der Waals surface area (Å²) in [5, 5.41) is 3.21. The minimum atomic E-state index is -3.49. The molecule has 0 radical (unpaired) electrons. The fourth-order valence-corrected chi connectivity index (χ4v) is 4.41. The molecular weight excluding hydrogens is 276 g/mol. The van der Waals surface area contributed by atoms with Crippen LogP contribution in [0, 0.1) is 13.8 Å². The third-order valence-electron chi connectivity index (χ3n) is 3.56. The largest absolute Gasteiger partial charge is 0.497 e. The van der Waals surface area contributed by atoms with Gasteiger partial charge in [-0.25, -0.2) is 13.1 Å². The topological polar surface area (TPSA) is 67.4 Å². The molecule has 1 aliphatic rings. The van der Waals surface area contributed by atoms with E-state index >= 15 is 0 Å². The molecule has 0 unspecified atom stereocenters. The average molecular weight is 298 g/mol. The number of hydrogen-bond donors (Lipinski definition) is 2. The Balaban J connectivity index is 2.29. The molecule has 1 heterocycles. The van der Waals surface area contributed by atoms with E-state index in [4.69, 9.17) is 4.74 Å². The number of benzene rings is 1. The third-order valence-corrected chi connectivity index (χ3v) is 5.38. The van der Waals surface area contributed by atoms with E-state index in [-0.39, 0.29) is 6.04 Å². The van der Waals surface area contributed by atoms with Gasteiger partial charge in [0.1, 0.15) is 5.75 Å². The summed E-state index contributed by atoms with van der Waals surface area (Å²) in [7, 11) is -1.91. The molecule has 1 saturated heterocycles. The van der Waals surface area contributed by atoms with Crippen molar-refractivity contribution in [2.45, 2.75) is 37.6 Å². The Morgan fingerprint density at radius 2 is 1.95 bits per heavy atom. The van der Waals surface area contributed by atoms with Crippen LogP contribution in [0.15, 0.2) is 17.0 Å². The molecule has 5 nitrogen and oxygen atoms in total. The van der Waals surface area contributed by atoms with Crippen LogP contribution >= 0.6 is 0 Å². The van der Waals surface area contributed by atoms with Crippen molar-refractivity contribution >= 4 is 10.0 Å². The zero-order valence-electron chi connectivity index (χ0n) is 12.2. The number of rotatable bonds is 4. The second kappa shape index (κ2) is 6.11. The number of piperidine rings is 1. The molecule has 0 spiro atoms. The van der Waals surface area contributed by atoms with Crippen molar-refractivity contribution in [1.29, 1.82) is 0 Å². The van der Waals surface area contributed by atoms with Crippen LogP contribution in [0.1, 0.15) is 24.0 Å². The summed E-state index contributed by atoms with van der Waals surface area (Å²) in [6.07, 6.45) is 1.87. The summed E-state index contributed by atoms with van der Waals surface area (Å²) >= 11 is 0. The van der Waals surface area contributed by atoms with Gasteiger partial charge in [-0.3, -0.25) is 0 Å². The standard InChI is InChI=1S/C14H22N2O3S/c1-10-7-13(19-3)8-11(2)14(10)20(17,18)16-12-5-4-6-15-9-12/h7-8,12,15-16H,4-6,9H2,1-3H3/t12-/m1/s1. The predicted molar refractivity (Wildman–Crippen MR) is 78.7 cm³/mol. The predicted octanol–water partition coefficient (Wildman–Crippen LogP) is 1.34. The molecule has 1 aromatic carbocycles. The molecule has 1 fully saturated rings. The van der Waals surface area contributed by atoms with Crippen molar-refractivity contribution in [3.8, 4) is 5.75 Å². The van der Waals surface area contributed by atoms with Gasteiger partial charge >= 0.3 is 0 Å². The summed E-state index contributed by atoms with van der Waals surface area (Å²) in [5.74, 6) is 0.679. The summed E-state index contributed by atoms with van der Waals surface area (Å²) in [5.41, 5.74) is 1.41. The molecule has 20 heavy (non-hydrogen) atoms. The van der Waals surface area contributed by atoms with E-state index in [9.17, 15) is 8.42 Å². The lowest BCUT2D eigenvalue weighted by atomic mass is 10.1. The van der Waals surface area contributed by atoms with Crippen molar-refractivity contribution in [1.82, 2.24) is 10.0 Å². The van der Waals surface area contributed by atoms with Gasteiger partial charge in [-0.1, -0.05) is 0 Å². The highest BCUT2D eigenvalue weighted by Crippen LogP contribution is 2.26. The smallest absolute Gasteiger partial charge is 0.241 e. The molecular formula is C14H22N2O3S. The fourth-order valence-electron chi connectivity index (χ4n) is 2.68. The second-order valence-electron chi connectivity index (χ2n) is 5.25. The molecule has 2 N–H and O–H groups in total. The highest BCUT2D eigenvalue weighted by Gasteiger charge is 2.25. The number of methoxy groups -OCH3 is 1. The third kappa shape index (κ3) is 3.31. The van der Waals surface area contributed by atoms with Gasteiger partial charge in [0.25, 0.3) is 0 Å². The van der Waals surface area contributed by atoms with E-state index in [1.165, 1.54) is 0 Å². The Morgan fingerprint density at radius 3 is 2.45 bits per heavy atom. The van der Waals surface area contributed by atoms with E-state index in [1.807, 2.05) is 0 Å². The molecule has 0 aliphatic carbocycles. The minimum absolute atomic E-state index is 0.0327. The van der Waals surface area contributed by atoms with E-state index in [2.05, 4.69) is 10.0 Å². The van der Waals surface area contributed by atoms with E-state index in [0.29, 0.717) is 28.3 Å².